The van der Waals surface area contributed by atoms with Crippen LogP contribution in [0.4, 0.5) is 0 Å². The maximum Gasteiger partial charge on any atom is 0.213 e. The van der Waals surface area contributed by atoms with Gasteiger partial charge in [0, 0.05) is 44.5 Å². The van der Waals surface area contributed by atoms with Gasteiger partial charge >= 0.3 is 0 Å². The molecule has 4 rings (SSSR count). The van der Waals surface area contributed by atoms with Gasteiger partial charge in [0.15, 0.2) is 0 Å². The highest BCUT2D eigenvalue weighted by Crippen LogP contribution is 2.31. The second-order valence-electron chi connectivity index (χ2n) is 6.91. The molecule has 3 aliphatic rings. The van der Waals surface area contributed by atoms with Crippen molar-refractivity contribution in [3.05, 3.63) is 24.4 Å². The minimum Gasteiger partial charge on any atom is -0.470 e. The van der Waals surface area contributed by atoms with Crippen molar-refractivity contribution >= 4 is 0 Å². The van der Waals surface area contributed by atoms with Crippen molar-refractivity contribution < 1.29 is 9.47 Å². The number of hydrogen-bond donors (Lipinski definition) is 0. The lowest BCUT2D eigenvalue weighted by Gasteiger charge is -2.32. The molecule has 5 heteroatoms. The van der Waals surface area contributed by atoms with Crippen LogP contribution in [0.5, 0.6) is 5.88 Å². The predicted octanol–water partition coefficient (Wildman–Crippen LogP) is 1.79. The zero-order chi connectivity index (χ0) is 15.5. The van der Waals surface area contributed by atoms with Gasteiger partial charge in [-0.3, -0.25) is 4.90 Å². The molecule has 0 radical (unpaired) electrons. The summed E-state index contributed by atoms with van der Waals surface area (Å²) in [5, 5.41) is 0. The molecule has 1 aromatic heterocycles. The van der Waals surface area contributed by atoms with E-state index < -0.39 is 0 Å². The summed E-state index contributed by atoms with van der Waals surface area (Å²) in [6.07, 6.45) is 7.21. The molecule has 5 nitrogen and oxygen atoms in total. The highest BCUT2D eigenvalue weighted by Gasteiger charge is 2.45. The maximum atomic E-state index is 6.16. The van der Waals surface area contributed by atoms with E-state index in [4.69, 9.17) is 9.47 Å². The fourth-order valence-corrected chi connectivity index (χ4v) is 4.21. The molecule has 3 fully saturated rings. The normalized spacial score (nSPS) is 32.1. The molecule has 126 valence electrons. The summed E-state index contributed by atoms with van der Waals surface area (Å²) in [5.74, 6) is 0.715. The van der Waals surface area contributed by atoms with E-state index in [9.17, 15) is 0 Å². The van der Waals surface area contributed by atoms with Crippen molar-refractivity contribution in [3.63, 3.8) is 0 Å². The van der Waals surface area contributed by atoms with Crippen LogP contribution in [0.1, 0.15) is 25.7 Å². The molecule has 0 unspecified atom stereocenters. The van der Waals surface area contributed by atoms with Crippen LogP contribution < -0.4 is 4.74 Å². The largest absolute Gasteiger partial charge is 0.470 e. The Morgan fingerprint density at radius 2 is 2.09 bits per heavy atom. The lowest BCUT2D eigenvalue weighted by molar-refractivity contribution is -0.0476. The fraction of sp³-hybridized carbons (Fsp3) is 0.722. The van der Waals surface area contributed by atoms with Crippen LogP contribution in [-0.2, 0) is 4.74 Å². The van der Waals surface area contributed by atoms with Crippen molar-refractivity contribution in [2.24, 2.45) is 0 Å². The summed E-state index contributed by atoms with van der Waals surface area (Å²) in [5.41, 5.74) is 0. The van der Waals surface area contributed by atoms with Gasteiger partial charge in [0.05, 0.1) is 0 Å². The zero-order valence-electron chi connectivity index (χ0n) is 13.8. The molecule has 0 amide bonds. The molecule has 0 saturated carbocycles. The van der Waals surface area contributed by atoms with Gasteiger partial charge in [-0.15, -0.1) is 0 Å². The first-order valence-electron chi connectivity index (χ1n) is 9.06. The Hall–Kier alpha value is -1.17. The minimum absolute atomic E-state index is 0.105. The molecule has 3 aliphatic heterocycles. The number of pyridine rings is 1. The molecule has 0 spiro atoms. The predicted molar refractivity (Wildman–Crippen MR) is 88.7 cm³/mol. The van der Waals surface area contributed by atoms with Crippen molar-refractivity contribution in [1.29, 1.82) is 0 Å². The lowest BCUT2D eigenvalue weighted by atomic mass is 10.0. The van der Waals surface area contributed by atoms with Crippen LogP contribution >= 0.6 is 0 Å². The second kappa shape index (κ2) is 7.16. The second-order valence-corrected chi connectivity index (χ2v) is 6.91. The molecule has 3 saturated heterocycles. The van der Waals surface area contributed by atoms with Crippen LogP contribution in [0.25, 0.3) is 0 Å². The Balaban J connectivity index is 1.39. The van der Waals surface area contributed by atoms with Gasteiger partial charge < -0.3 is 14.4 Å². The molecular formula is C18H27N3O2. The SMILES string of the molecule is c1ccc(O[C@@H]2CN(CCN3CCCC3)[C@H]3CCCO[C@@H]23)nc1. The first-order chi connectivity index (χ1) is 11.4. The first kappa shape index (κ1) is 15.4. The highest BCUT2D eigenvalue weighted by molar-refractivity contribution is 5.11. The number of ether oxygens (including phenoxy) is 2. The third-order valence-electron chi connectivity index (χ3n) is 5.40. The summed E-state index contributed by atoms with van der Waals surface area (Å²) in [6.45, 7) is 6.67. The molecular weight excluding hydrogens is 290 g/mol. The van der Waals surface area contributed by atoms with E-state index in [-0.39, 0.29) is 12.2 Å². The fourth-order valence-electron chi connectivity index (χ4n) is 4.21. The monoisotopic (exact) mass is 317 g/mol. The Morgan fingerprint density at radius 3 is 2.91 bits per heavy atom. The average Bonchev–Trinajstić information content (AvgIpc) is 3.23. The van der Waals surface area contributed by atoms with E-state index in [0.29, 0.717) is 11.9 Å². The summed E-state index contributed by atoms with van der Waals surface area (Å²) >= 11 is 0. The van der Waals surface area contributed by atoms with Crippen LogP contribution in [0.2, 0.25) is 0 Å². The van der Waals surface area contributed by atoms with E-state index in [1.54, 1.807) is 6.20 Å². The smallest absolute Gasteiger partial charge is 0.213 e. The summed E-state index contributed by atoms with van der Waals surface area (Å²) < 4.78 is 12.2. The zero-order valence-corrected chi connectivity index (χ0v) is 13.8. The number of nitrogens with zero attached hydrogens (tertiary/aromatic N) is 3. The molecule has 3 atom stereocenters. The minimum atomic E-state index is 0.105. The highest BCUT2D eigenvalue weighted by atomic mass is 16.5. The summed E-state index contributed by atoms with van der Waals surface area (Å²) in [7, 11) is 0. The van der Waals surface area contributed by atoms with E-state index >= 15 is 0 Å². The van der Waals surface area contributed by atoms with Crippen molar-refractivity contribution in [2.45, 2.75) is 43.9 Å². The summed E-state index contributed by atoms with van der Waals surface area (Å²) in [4.78, 5) is 9.49. The van der Waals surface area contributed by atoms with Crippen molar-refractivity contribution in [2.75, 3.05) is 39.3 Å². The van der Waals surface area contributed by atoms with E-state index in [1.807, 2.05) is 18.2 Å². The van der Waals surface area contributed by atoms with E-state index in [1.165, 1.54) is 38.9 Å². The molecule has 0 bridgehead atoms. The maximum absolute atomic E-state index is 6.16. The molecule has 23 heavy (non-hydrogen) atoms. The van der Waals surface area contributed by atoms with Crippen LogP contribution in [0.3, 0.4) is 0 Å². The standard InChI is InChI=1S/C18H27N3O2/c1-2-8-19-17(7-1)23-16-14-21(12-11-20-9-3-4-10-20)15-6-5-13-22-18(15)16/h1-2,7-8,15-16,18H,3-6,9-14H2/t15-,16+,18+/m0/s1. The topological polar surface area (TPSA) is 37.8 Å². The van der Waals surface area contributed by atoms with E-state index in [0.717, 1.165) is 26.1 Å². The van der Waals surface area contributed by atoms with Gasteiger partial charge in [-0.05, 0) is 44.8 Å². The van der Waals surface area contributed by atoms with Crippen molar-refractivity contribution in [1.82, 2.24) is 14.8 Å². The van der Waals surface area contributed by atoms with Gasteiger partial charge in [-0.25, -0.2) is 4.98 Å². The van der Waals surface area contributed by atoms with Gasteiger partial charge in [-0.1, -0.05) is 6.07 Å². The van der Waals surface area contributed by atoms with Crippen LogP contribution in [-0.4, -0.2) is 72.4 Å². The Bertz CT molecular complexity index is 492. The van der Waals surface area contributed by atoms with Crippen molar-refractivity contribution in [3.8, 4) is 5.88 Å². The number of likely N-dealkylation sites (tertiary alicyclic amines) is 2. The van der Waals surface area contributed by atoms with Gasteiger partial charge in [0.2, 0.25) is 5.88 Å². The molecule has 0 aliphatic carbocycles. The lowest BCUT2D eigenvalue weighted by Crippen LogP contribution is -2.44. The average molecular weight is 317 g/mol. The third kappa shape index (κ3) is 3.52. The Labute approximate surface area is 138 Å². The van der Waals surface area contributed by atoms with E-state index in [2.05, 4.69) is 14.8 Å². The molecule has 4 heterocycles. The number of fused-ring (bicyclic) bond motifs is 1. The van der Waals surface area contributed by atoms with Gasteiger partial charge in [-0.2, -0.15) is 0 Å². The first-order valence-corrected chi connectivity index (χ1v) is 9.06. The number of aromatic nitrogens is 1. The van der Waals surface area contributed by atoms with Crippen LogP contribution in [0, 0.1) is 0 Å². The number of rotatable bonds is 5. The summed E-state index contributed by atoms with van der Waals surface area (Å²) in [6, 6.07) is 6.34. The molecule has 0 N–H and O–H groups in total. The quantitative estimate of drug-likeness (QED) is 0.828. The third-order valence-corrected chi connectivity index (χ3v) is 5.40. The van der Waals surface area contributed by atoms with Gasteiger partial charge in [0.25, 0.3) is 0 Å². The molecule has 1 aromatic rings. The Morgan fingerprint density at radius 1 is 1.17 bits per heavy atom. The van der Waals surface area contributed by atoms with Gasteiger partial charge in [0.1, 0.15) is 12.2 Å². The Kier molecular flexibility index (Phi) is 4.78. The molecule has 0 aromatic carbocycles. The number of hydrogen-bond acceptors (Lipinski definition) is 5. The van der Waals surface area contributed by atoms with Crippen LogP contribution in [0.15, 0.2) is 24.4 Å².